The van der Waals surface area contributed by atoms with Crippen LogP contribution in [0, 0.1) is 0 Å². The molecule has 4 rings (SSSR count). The third kappa shape index (κ3) is 3.08. The normalized spacial score (nSPS) is 14.0. The average molecular weight is 333 g/mol. The number of carbonyl (C=O) groups is 1. The van der Waals surface area contributed by atoms with Crippen molar-refractivity contribution >= 4 is 16.7 Å². The van der Waals surface area contributed by atoms with Crippen LogP contribution in [-0.2, 0) is 6.42 Å². The summed E-state index contributed by atoms with van der Waals surface area (Å²) in [5.74, 6) is 0.705. The molecule has 126 valence electrons. The number of fused-ring (bicyclic) bond motifs is 2. The summed E-state index contributed by atoms with van der Waals surface area (Å²) in [7, 11) is 0. The summed E-state index contributed by atoms with van der Waals surface area (Å²) in [4.78, 5) is 12.5. The van der Waals surface area contributed by atoms with Gasteiger partial charge >= 0.3 is 0 Å². The smallest absolute Gasteiger partial charge is 0.252 e. The van der Waals surface area contributed by atoms with E-state index in [1.807, 2.05) is 54.6 Å². The van der Waals surface area contributed by atoms with Gasteiger partial charge in [0.25, 0.3) is 5.91 Å². The largest absolute Gasteiger partial charge is 0.493 e. The maximum atomic E-state index is 12.5. The molecule has 1 heterocycles. The van der Waals surface area contributed by atoms with Crippen molar-refractivity contribution in [3.63, 3.8) is 0 Å². The Labute approximate surface area is 146 Å². The Morgan fingerprint density at radius 1 is 1.12 bits per heavy atom. The first-order valence-corrected chi connectivity index (χ1v) is 8.42. The van der Waals surface area contributed by atoms with Gasteiger partial charge < -0.3 is 15.2 Å². The molecule has 1 unspecified atom stereocenters. The fraction of sp³-hybridized carbons (Fsp3) is 0.190. The highest BCUT2D eigenvalue weighted by Crippen LogP contribution is 2.28. The monoisotopic (exact) mass is 333 g/mol. The molecule has 1 aliphatic rings. The van der Waals surface area contributed by atoms with E-state index in [9.17, 15) is 9.90 Å². The number of aliphatic hydroxyl groups excluding tert-OH is 1. The first kappa shape index (κ1) is 15.7. The van der Waals surface area contributed by atoms with Gasteiger partial charge in [-0.2, -0.15) is 0 Å². The van der Waals surface area contributed by atoms with Crippen molar-refractivity contribution in [1.29, 1.82) is 0 Å². The van der Waals surface area contributed by atoms with Gasteiger partial charge in [0.15, 0.2) is 0 Å². The van der Waals surface area contributed by atoms with Crippen LogP contribution in [0.4, 0.5) is 0 Å². The minimum atomic E-state index is -0.746. The number of hydrogen-bond donors (Lipinski definition) is 2. The topological polar surface area (TPSA) is 58.6 Å². The second-order valence-electron chi connectivity index (χ2n) is 6.22. The number of rotatable bonds is 4. The Balaban J connectivity index is 1.48. The minimum Gasteiger partial charge on any atom is -0.493 e. The SMILES string of the molecule is O=C(NCC(O)c1ccc2c(c1)CCO2)c1cccc2ccccc12. The van der Waals surface area contributed by atoms with Crippen molar-refractivity contribution in [2.45, 2.75) is 12.5 Å². The zero-order valence-electron chi connectivity index (χ0n) is 13.7. The fourth-order valence-electron chi connectivity index (χ4n) is 3.24. The molecular weight excluding hydrogens is 314 g/mol. The van der Waals surface area contributed by atoms with Crippen molar-refractivity contribution < 1.29 is 14.6 Å². The standard InChI is InChI=1S/C21H19NO3/c23-19(15-8-9-20-16(12-15)10-11-25-20)13-22-21(24)18-7-3-5-14-4-1-2-6-17(14)18/h1-9,12,19,23H,10-11,13H2,(H,22,24). The summed E-state index contributed by atoms with van der Waals surface area (Å²) in [5.41, 5.74) is 2.52. The van der Waals surface area contributed by atoms with Gasteiger partial charge in [-0.05, 0) is 40.1 Å². The van der Waals surface area contributed by atoms with E-state index < -0.39 is 6.10 Å². The quantitative estimate of drug-likeness (QED) is 0.771. The molecule has 0 fully saturated rings. The molecule has 0 aromatic heterocycles. The number of ether oxygens (including phenoxy) is 1. The number of benzene rings is 3. The predicted octanol–water partition coefficient (Wildman–Crippen LogP) is 3.24. The molecule has 3 aromatic carbocycles. The molecule has 4 nitrogen and oxygen atoms in total. The van der Waals surface area contributed by atoms with Crippen LogP contribution in [0.25, 0.3) is 10.8 Å². The van der Waals surface area contributed by atoms with Crippen LogP contribution in [0.3, 0.4) is 0 Å². The van der Waals surface area contributed by atoms with Gasteiger partial charge in [0, 0.05) is 18.5 Å². The predicted molar refractivity (Wildman–Crippen MR) is 96.9 cm³/mol. The Morgan fingerprint density at radius 3 is 2.88 bits per heavy atom. The van der Waals surface area contributed by atoms with Gasteiger partial charge in [-0.3, -0.25) is 4.79 Å². The number of amides is 1. The van der Waals surface area contributed by atoms with E-state index >= 15 is 0 Å². The second-order valence-corrected chi connectivity index (χ2v) is 6.22. The fourth-order valence-corrected chi connectivity index (χ4v) is 3.24. The molecule has 0 spiro atoms. The van der Waals surface area contributed by atoms with E-state index in [2.05, 4.69) is 5.32 Å². The molecule has 1 atom stereocenters. The Morgan fingerprint density at radius 2 is 1.96 bits per heavy atom. The Kier molecular flexibility index (Phi) is 4.12. The Bertz CT molecular complexity index is 930. The average Bonchev–Trinajstić information content (AvgIpc) is 3.13. The van der Waals surface area contributed by atoms with Crippen molar-refractivity contribution in [3.8, 4) is 5.75 Å². The second kappa shape index (κ2) is 6.57. The van der Waals surface area contributed by atoms with Crippen LogP contribution < -0.4 is 10.1 Å². The third-order valence-corrected chi connectivity index (χ3v) is 4.59. The molecule has 1 aliphatic heterocycles. The highest BCUT2D eigenvalue weighted by Gasteiger charge is 2.17. The number of hydrogen-bond acceptors (Lipinski definition) is 3. The van der Waals surface area contributed by atoms with E-state index in [0.717, 1.165) is 34.1 Å². The number of nitrogens with one attached hydrogen (secondary N) is 1. The highest BCUT2D eigenvalue weighted by molar-refractivity contribution is 6.07. The Hall–Kier alpha value is -2.85. The van der Waals surface area contributed by atoms with Gasteiger partial charge in [-0.1, -0.05) is 42.5 Å². The number of carbonyl (C=O) groups excluding carboxylic acids is 1. The number of aliphatic hydroxyl groups is 1. The van der Waals surface area contributed by atoms with Crippen LogP contribution in [0.2, 0.25) is 0 Å². The maximum Gasteiger partial charge on any atom is 0.252 e. The van der Waals surface area contributed by atoms with E-state index in [1.54, 1.807) is 6.07 Å². The molecule has 4 heteroatoms. The summed E-state index contributed by atoms with van der Waals surface area (Å²) >= 11 is 0. The zero-order chi connectivity index (χ0) is 17.2. The van der Waals surface area contributed by atoms with Crippen LogP contribution in [0.1, 0.15) is 27.6 Å². The van der Waals surface area contributed by atoms with E-state index in [0.29, 0.717) is 12.2 Å². The minimum absolute atomic E-state index is 0.168. The third-order valence-electron chi connectivity index (χ3n) is 4.59. The lowest BCUT2D eigenvalue weighted by atomic mass is 10.0. The van der Waals surface area contributed by atoms with Gasteiger partial charge in [0.2, 0.25) is 0 Å². The molecule has 3 aromatic rings. The van der Waals surface area contributed by atoms with E-state index in [4.69, 9.17) is 4.74 Å². The molecular formula is C21H19NO3. The lowest BCUT2D eigenvalue weighted by Crippen LogP contribution is -2.28. The zero-order valence-corrected chi connectivity index (χ0v) is 13.7. The van der Waals surface area contributed by atoms with Crippen molar-refractivity contribution in [2.75, 3.05) is 13.2 Å². The van der Waals surface area contributed by atoms with E-state index in [1.165, 1.54) is 0 Å². The van der Waals surface area contributed by atoms with Crippen LogP contribution in [-0.4, -0.2) is 24.2 Å². The van der Waals surface area contributed by atoms with Crippen LogP contribution in [0.5, 0.6) is 5.75 Å². The molecule has 2 N–H and O–H groups in total. The van der Waals surface area contributed by atoms with E-state index in [-0.39, 0.29) is 12.5 Å². The van der Waals surface area contributed by atoms with Crippen LogP contribution >= 0.6 is 0 Å². The molecule has 0 saturated carbocycles. The lowest BCUT2D eigenvalue weighted by Gasteiger charge is -2.14. The van der Waals surface area contributed by atoms with Gasteiger partial charge in [-0.15, -0.1) is 0 Å². The van der Waals surface area contributed by atoms with Gasteiger partial charge in [0.1, 0.15) is 5.75 Å². The first-order valence-electron chi connectivity index (χ1n) is 8.42. The van der Waals surface area contributed by atoms with Crippen molar-refractivity contribution in [1.82, 2.24) is 5.32 Å². The summed E-state index contributed by atoms with van der Waals surface area (Å²) in [6.07, 6.45) is 0.114. The summed E-state index contributed by atoms with van der Waals surface area (Å²) in [5, 5.41) is 15.2. The van der Waals surface area contributed by atoms with Gasteiger partial charge in [0.05, 0.1) is 12.7 Å². The molecule has 0 radical (unpaired) electrons. The molecule has 0 saturated heterocycles. The summed E-state index contributed by atoms with van der Waals surface area (Å²) < 4.78 is 5.48. The highest BCUT2D eigenvalue weighted by atomic mass is 16.5. The first-order chi connectivity index (χ1) is 12.2. The van der Waals surface area contributed by atoms with Crippen molar-refractivity contribution in [3.05, 3.63) is 77.4 Å². The maximum absolute atomic E-state index is 12.5. The lowest BCUT2D eigenvalue weighted by molar-refractivity contribution is 0.0918. The summed E-state index contributed by atoms with van der Waals surface area (Å²) in [6, 6.07) is 19.1. The molecule has 25 heavy (non-hydrogen) atoms. The van der Waals surface area contributed by atoms with Crippen molar-refractivity contribution in [2.24, 2.45) is 0 Å². The molecule has 0 bridgehead atoms. The van der Waals surface area contributed by atoms with Crippen LogP contribution in [0.15, 0.2) is 60.7 Å². The molecule has 1 amide bonds. The van der Waals surface area contributed by atoms with Gasteiger partial charge in [-0.25, -0.2) is 0 Å². The molecule has 0 aliphatic carbocycles. The summed E-state index contributed by atoms with van der Waals surface area (Å²) in [6.45, 7) is 0.856.